The fraction of sp³-hybridized carbons (Fsp3) is 0.615. The number of carbonyl (C=O) groups excluding carboxylic acids is 1. The van der Waals surface area contributed by atoms with Crippen LogP contribution in [0.3, 0.4) is 0 Å². The molecule has 1 atom stereocenters. The van der Waals surface area contributed by atoms with E-state index in [4.69, 9.17) is 5.73 Å². The molecule has 0 spiro atoms. The van der Waals surface area contributed by atoms with Crippen molar-refractivity contribution in [1.29, 1.82) is 0 Å². The molecular weight excluding hydrogens is 232 g/mol. The topological polar surface area (TPSA) is 46.3 Å². The second kappa shape index (κ2) is 6.77. The Morgan fingerprint density at radius 2 is 2.29 bits per heavy atom. The molecule has 1 aromatic rings. The van der Waals surface area contributed by atoms with Gasteiger partial charge in [0.05, 0.1) is 6.54 Å². The van der Waals surface area contributed by atoms with E-state index < -0.39 is 0 Å². The number of rotatable bonds is 6. The van der Waals surface area contributed by atoms with Crippen LogP contribution in [0.2, 0.25) is 0 Å². The van der Waals surface area contributed by atoms with Gasteiger partial charge >= 0.3 is 0 Å². The minimum atomic E-state index is 0.0730. The SMILES string of the molecule is Cc1ccsc1CN(C)C(=O)C(C)CCCN. The van der Waals surface area contributed by atoms with Crippen LogP contribution < -0.4 is 5.73 Å². The van der Waals surface area contributed by atoms with Gasteiger partial charge in [0.15, 0.2) is 0 Å². The molecule has 0 saturated carbocycles. The summed E-state index contributed by atoms with van der Waals surface area (Å²) in [5, 5.41) is 2.07. The van der Waals surface area contributed by atoms with Crippen LogP contribution in [0, 0.1) is 12.8 Å². The van der Waals surface area contributed by atoms with E-state index in [9.17, 15) is 4.79 Å². The summed E-state index contributed by atoms with van der Waals surface area (Å²) in [5.74, 6) is 0.287. The number of amides is 1. The highest BCUT2D eigenvalue weighted by Gasteiger charge is 2.17. The zero-order chi connectivity index (χ0) is 12.8. The summed E-state index contributed by atoms with van der Waals surface area (Å²) < 4.78 is 0. The number of hydrogen-bond acceptors (Lipinski definition) is 3. The molecule has 0 fully saturated rings. The van der Waals surface area contributed by atoms with E-state index >= 15 is 0 Å². The molecule has 4 heteroatoms. The van der Waals surface area contributed by atoms with Crippen LogP contribution in [-0.2, 0) is 11.3 Å². The Kier molecular flexibility index (Phi) is 5.65. The Morgan fingerprint density at radius 1 is 1.59 bits per heavy atom. The molecule has 1 aromatic heterocycles. The summed E-state index contributed by atoms with van der Waals surface area (Å²) in [6.45, 7) is 5.44. The lowest BCUT2D eigenvalue weighted by molar-refractivity contribution is -0.134. The van der Waals surface area contributed by atoms with Gasteiger partial charge in [-0.25, -0.2) is 0 Å². The lowest BCUT2D eigenvalue weighted by atomic mass is 10.0. The Labute approximate surface area is 108 Å². The lowest BCUT2D eigenvalue weighted by Crippen LogP contribution is -2.31. The summed E-state index contributed by atoms with van der Waals surface area (Å²) in [6.07, 6.45) is 1.79. The molecule has 0 aliphatic heterocycles. The Morgan fingerprint density at radius 3 is 2.82 bits per heavy atom. The molecule has 0 aliphatic carbocycles. The van der Waals surface area contributed by atoms with Crippen molar-refractivity contribution >= 4 is 17.2 Å². The third kappa shape index (κ3) is 4.13. The molecule has 0 saturated heterocycles. The fourth-order valence-electron chi connectivity index (χ4n) is 1.78. The van der Waals surface area contributed by atoms with Crippen molar-refractivity contribution in [2.75, 3.05) is 13.6 Å². The highest BCUT2D eigenvalue weighted by atomic mass is 32.1. The average molecular weight is 254 g/mol. The molecule has 1 heterocycles. The van der Waals surface area contributed by atoms with Crippen LogP contribution in [0.1, 0.15) is 30.2 Å². The van der Waals surface area contributed by atoms with Gasteiger partial charge in [-0.15, -0.1) is 11.3 Å². The standard InChI is InChI=1S/C13H22N2OS/c1-10-6-8-17-12(10)9-15(3)13(16)11(2)5-4-7-14/h6,8,11H,4-5,7,9,14H2,1-3H3. The molecule has 1 rings (SSSR count). The van der Waals surface area contributed by atoms with Gasteiger partial charge in [0, 0.05) is 17.8 Å². The number of carbonyl (C=O) groups is 1. The van der Waals surface area contributed by atoms with E-state index in [0.29, 0.717) is 6.54 Å². The smallest absolute Gasteiger partial charge is 0.225 e. The minimum absolute atomic E-state index is 0.0730. The summed E-state index contributed by atoms with van der Waals surface area (Å²) in [4.78, 5) is 15.2. The van der Waals surface area contributed by atoms with Crippen LogP contribution in [0.15, 0.2) is 11.4 Å². The third-order valence-electron chi connectivity index (χ3n) is 2.99. The first kappa shape index (κ1) is 14.2. The number of aryl methyl sites for hydroxylation is 1. The second-order valence-electron chi connectivity index (χ2n) is 4.55. The van der Waals surface area contributed by atoms with E-state index in [1.54, 1.807) is 11.3 Å². The highest BCUT2D eigenvalue weighted by Crippen LogP contribution is 2.18. The maximum Gasteiger partial charge on any atom is 0.225 e. The number of nitrogens with zero attached hydrogens (tertiary/aromatic N) is 1. The van der Waals surface area contributed by atoms with Crippen LogP contribution in [0.4, 0.5) is 0 Å². The van der Waals surface area contributed by atoms with Crippen molar-refractivity contribution in [3.8, 4) is 0 Å². The molecule has 0 bridgehead atoms. The Bertz CT molecular complexity index is 362. The highest BCUT2D eigenvalue weighted by molar-refractivity contribution is 7.10. The molecule has 0 radical (unpaired) electrons. The van der Waals surface area contributed by atoms with Crippen molar-refractivity contribution in [2.24, 2.45) is 11.7 Å². The first-order valence-electron chi connectivity index (χ1n) is 6.04. The predicted molar refractivity (Wildman–Crippen MR) is 73.0 cm³/mol. The molecule has 17 heavy (non-hydrogen) atoms. The third-order valence-corrected chi connectivity index (χ3v) is 4.00. The molecule has 0 aliphatic rings. The van der Waals surface area contributed by atoms with E-state index in [2.05, 4.69) is 18.4 Å². The van der Waals surface area contributed by atoms with Gasteiger partial charge in [-0.2, -0.15) is 0 Å². The summed E-state index contributed by atoms with van der Waals surface area (Å²) >= 11 is 1.71. The average Bonchev–Trinajstić information content (AvgIpc) is 2.70. The van der Waals surface area contributed by atoms with Crippen molar-refractivity contribution in [3.63, 3.8) is 0 Å². The van der Waals surface area contributed by atoms with Crippen LogP contribution in [0.5, 0.6) is 0 Å². The van der Waals surface area contributed by atoms with Gasteiger partial charge in [0.1, 0.15) is 0 Å². The molecule has 3 nitrogen and oxygen atoms in total. The van der Waals surface area contributed by atoms with Crippen LogP contribution in [-0.4, -0.2) is 24.4 Å². The normalized spacial score (nSPS) is 12.5. The quantitative estimate of drug-likeness (QED) is 0.847. The maximum atomic E-state index is 12.1. The number of thiophene rings is 1. The van der Waals surface area contributed by atoms with Crippen molar-refractivity contribution < 1.29 is 4.79 Å². The van der Waals surface area contributed by atoms with E-state index in [1.807, 2.05) is 18.9 Å². The minimum Gasteiger partial charge on any atom is -0.340 e. The molecule has 1 unspecified atom stereocenters. The Balaban J connectivity index is 2.49. The summed E-state index contributed by atoms with van der Waals surface area (Å²) in [7, 11) is 1.88. The summed E-state index contributed by atoms with van der Waals surface area (Å²) in [5.41, 5.74) is 6.73. The van der Waals surface area contributed by atoms with Crippen molar-refractivity contribution in [1.82, 2.24) is 4.90 Å². The van der Waals surface area contributed by atoms with E-state index in [1.165, 1.54) is 10.4 Å². The fourth-order valence-corrected chi connectivity index (χ4v) is 2.74. The van der Waals surface area contributed by atoms with Gasteiger partial charge in [-0.3, -0.25) is 4.79 Å². The first-order chi connectivity index (χ1) is 8.06. The molecule has 0 aromatic carbocycles. The van der Waals surface area contributed by atoms with Crippen LogP contribution >= 0.6 is 11.3 Å². The van der Waals surface area contributed by atoms with E-state index in [-0.39, 0.29) is 11.8 Å². The van der Waals surface area contributed by atoms with Crippen molar-refractivity contribution in [2.45, 2.75) is 33.2 Å². The van der Waals surface area contributed by atoms with Crippen molar-refractivity contribution in [3.05, 3.63) is 21.9 Å². The van der Waals surface area contributed by atoms with Gasteiger partial charge in [-0.05, 0) is 43.3 Å². The first-order valence-corrected chi connectivity index (χ1v) is 6.92. The van der Waals surface area contributed by atoms with Gasteiger partial charge in [0.2, 0.25) is 5.91 Å². The van der Waals surface area contributed by atoms with Gasteiger partial charge in [0.25, 0.3) is 0 Å². The second-order valence-corrected chi connectivity index (χ2v) is 5.55. The lowest BCUT2D eigenvalue weighted by Gasteiger charge is -2.21. The molecular formula is C13H22N2OS. The zero-order valence-electron chi connectivity index (χ0n) is 10.9. The van der Waals surface area contributed by atoms with E-state index in [0.717, 1.165) is 19.4 Å². The predicted octanol–water partition coefficient (Wildman–Crippen LogP) is 2.39. The summed E-state index contributed by atoms with van der Waals surface area (Å²) in [6, 6.07) is 2.09. The molecule has 96 valence electrons. The number of hydrogen-bond donors (Lipinski definition) is 1. The largest absolute Gasteiger partial charge is 0.340 e. The van der Waals surface area contributed by atoms with Gasteiger partial charge in [-0.1, -0.05) is 6.92 Å². The van der Waals surface area contributed by atoms with Crippen LogP contribution in [0.25, 0.3) is 0 Å². The molecule has 2 N–H and O–H groups in total. The Hall–Kier alpha value is -0.870. The zero-order valence-corrected chi connectivity index (χ0v) is 11.7. The number of nitrogens with two attached hydrogens (primary N) is 1. The molecule has 1 amide bonds. The maximum absolute atomic E-state index is 12.1. The monoisotopic (exact) mass is 254 g/mol. The van der Waals surface area contributed by atoms with Gasteiger partial charge < -0.3 is 10.6 Å².